The van der Waals surface area contributed by atoms with Crippen molar-refractivity contribution in [2.75, 3.05) is 31.3 Å². The molecule has 0 aliphatic carbocycles. The molecule has 0 fully saturated rings. The number of aliphatic hydroxyl groups excluding tert-OH is 5. The van der Waals surface area contributed by atoms with E-state index in [1.807, 2.05) is 17.2 Å². The Labute approximate surface area is 314 Å². The van der Waals surface area contributed by atoms with Crippen molar-refractivity contribution in [3.05, 3.63) is 93.6 Å². The topological polar surface area (TPSA) is 235 Å². The number of phenols is 2. The predicted octanol–water partition coefficient (Wildman–Crippen LogP) is 2.17. The third kappa shape index (κ3) is 7.21. The molecule has 8 N–H and O–H groups in total. The van der Waals surface area contributed by atoms with Gasteiger partial charge in [0.2, 0.25) is 0 Å². The lowest BCUT2D eigenvalue weighted by Crippen LogP contribution is -2.58. The van der Waals surface area contributed by atoms with E-state index in [9.17, 15) is 45.6 Å². The van der Waals surface area contributed by atoms with Crippen molar-refractivity contribution in [3.63, 3.8) is 0 Å². The molecule has 0 unspecified atom stereocenters. The van der Waals surface area contributed by atoms with Gasteiger partial charge in [-0.1, -0.05) is 6.07 Å². The van der Waals surface area contributed by atoms with Crippen molar-refractivity contribution in [2.24, 2.45) is 4.99 Å². The maximum absolute atomic E-state index is 13.4. The highest BCUT2D eigenvalue weighted by Gasteiger charge is 2.47. The fourth-order valence-corrected chi connectivity index (χ4v) is 7.55. The number of ether oxygens (including phenoxy) is 1. The van der Waals surface area contributed by atoms with Gasteiger partial charge >= 0.3 is 0 Å². The standard InChI is InChI=1S/C40H44N2O13/c1-21-12-31(47)28-13-24-14-33(39(2,9-3-11-43)54-36(24)34(37(28)53-21)42-17-23-8-10-41-29(23)18-42)55-52-20-40(51,38(50)35(49)32(48)19-44)16-22-4-7-30(46)26-6-5-25(45)15-27(22)26/h4-8,10,12-13,15,17,32-33,35,38,43-46,48-51H,3,9,11,14,16,18-20H2,1-2H3/t32-,33-,35-,38+,39-,40+/m1/s1. The van der Waals surface area contributed by atoms with Crippen LogP contribution in [-0.4, -0.2) is 109 Å². The van der Waals surface area contributed by atoms with E-state index in [2.05, 4.69) is 4.99 Å². The van der Waals surface area contributed by atoms with Crippen molar-refractivity contribution >= 4 is 33.1 Å². The fraction of sp³-hybridized carbons (Fsp3) is 0.400. The van der Waals surface area contributed by atoms with Crippen LogP contribution in [0.2, 0.25) is 0 Å². The van der Waals surface area contributed by atoms with E-state index in [-0.39, 0.29) is 36.4 Å². The normalized spacial score (nSPS) is 21.8. The van der Waals surface area contributed by atoms with E-state index in [1.165, 1.54) is 36.4 Å². The number of phenolic OH excluding ortho intramolecular Hbond substituents is 2. The highest BCUT2D eigenvalue weighted by atomic mass is 17.2. The maximum Gasteiger partial charge on any atom is 0.193 e. The number of aryl methyl sites for hydroxylation is 1. The Morgan fingerprint density at radius 3 is 2.62 bits per heavy atom. The first-order chi connectivity index (χ1) is 26.2. The van der Waals surface area contributed by atoms with Gasteiger partial charge < -0.3 is 54.9 Å². The van der Waals surface area contributed by atoms with Gasteiger partial charge in [0.15, 0.2) is 16.8 Å². The molecule has 15 nitrogen and oxygen atoms in total. The van der Waals surface area contributed by atoms with Gasteiger partial charge in [-0.15, -0.1) is 0 Å². The third-order valence-electron chi connectivity index (χ3n) is 10.6. The Balaban J connectivity index is 1.23. The van der Waals surface area contributed by atoms with Crippen LogP contribution in [0.1, 0.15) is 36.7 Å². The SMILES string of the molecule is Cc1cc(=O)c2cc3c(c(N4C=C5C=CN=C5C4)c2o1)O[C@](C)(CCCO)[C@H](OOC[C@@](O)(Cc1ccc(O)c2ccc(O)cc12)[C@@H](O)[C@H](O)[C@H](O)CO)C3. The number of fused-ring (bicyclic) bond motifs is 4. The van der Waals surface area contributed by atoms with Crippen molar-refractivity contribution in [2.45, 2.75) is 75.1 Å². The Bertz CT molecular complexity index is 2270. The number of aliphatic hydroxyl groups is 6. The van der Waals surface area contributed by atoms with E-state index < -0.39 is 55.3 Å². The molecular weight excluding hydrogens is 716 g/mol. The Morgan fingerprint density at radius 1 is 1.07 bits per heavy atom. The van der Waals surface area contributed by atoms with Crippen LogP contribution in [0.4, 0.5) is 5.69 Å². The summed E-state index contributed by atoms with van der Waals surface area (Å²) in [5.41, 5.74) is -0.269. The van der Waals surface area contributed by atoms with Gasteiger partial charge in [-0.25, -0.2) is 9.78 Å². The highest BCUT2D eigenvalue weighted by Crippen LogP contribution is 2.48. The number of aromatic hydroxyl groups is 2. The number of hydrogen-bond donors (Lipinski definition) is 8. The summed E-state index contributed by atoms with van der Waals surface area (Å²) in [6.45, 7) is 2.01. The molecule has 0 saturated carbocycles. The van der Waals surface area contributed by atoms with Gasteiger partial charge in [0, 0.05) is 54.4 Å². The lowest BCUT2D eigenvalue weighted by atomic mass is 9.84. The second-order valence-electron chi connectivity index (χ2n) is 14.6. The number of nitrogens with zero attached hydrogens (tertiary/aromatic N) is 2. The summed E-state index contributed by atoms with van der Waals surface area (Å²) in [7, 11) is 0. The number of aliphatic imine (C=N–C) groups is 1. The molecule has 1 aromatic heterocycles. The van der Waals surface area contributed by atoms with E-state index >= 15 is 0 Å². The van der Waals surface area contributed by atoms with E-state index in [0.717, 1.165) is 11.3 Å². The molecule has 15 heteroatoms. The number of benzene rings is 3. The maximum atomic E-state index is 13.4. The number of allylic oxidation sites excluding steroid dienone is 1. The van der Waals surface area contributed by atoms with Crippen molar-refractivity contribution in [1.29, 1.82) is 0 Å². The van der Waals surface area contributed by atoms with Crippen molar-refractivity contribution < 1.29 is 59.8 Å². The van der Waals surface area contributed by atoms with Crippen molar-refractivity contribution in [1.82, 2.24) is 0 Å². The van der Waals surface area contributed by atoms with Crippen LogP contribution in [0.5, 0.6) is 17.2 Å². The highest BCUT2D eigenvalue weighted by molar-refractivity contribution is 6.12. The van der Waals surface area contributed by atoms with Crippen molar-refractivity contribution in [3.8, 4) is 17.2 Å². The lowest BCUT2D eigenvalue weighted by molar-refractivity contribution is -0.371. The monoisotopic (exact) mass is 760 g/mol. The van der Waals surface area contributed by atoms with Gasteiger partial charge in [-0.05, 0) is 74.0 Å². The molecule has 0 bridgehead atoms. The zero-order chi connectivity index (χ0) is 39.2. The van der Waals surface area contributed by atoms with Crippen LogP contribution < -0.4 is 15.1 Å². The fourth-order valence-electron chi connectivity index (χ4n) is 7.55. The number of rotatable bonds is 14. The molecule has 0 saturated heterocycles. The second kappa shape index (κ2) is 15.0. The first-order valence-electron chi connectivity index (χ1n) is 18.0. The zero-order valence-corrected chi connectivity index (χ0v) is 30.3. The molecule has 3 aromatic carbocycles. The molecule has 55 heavy (non-hydrogen) atoms. The summed E-state index contributed by atoms with van der Waals surface area (Å²) in [6.07, 6.45) is -1.07. The molecule has 6 atom stereocenters. The number of anilines is 1. The van der Waals surface area contributed by atoms with Gasteiger partial charge in [0.05, 0.1) is 24.2 Å². The molecule has 7 rings (SSSR count). The van der Waals surface area contributed by atoms with Gasteiger partial charge in [0.1, 0.15) is 65.2 Å². The van der Waals surface area contributed by atoms with Crippen LogP contribution in [0.25, 0.3) is 21.7 Å². The largest absolute Gasteiger partial charge is 0.508 e. The first-order valence-corrected chi connectivity index (χ1v) is 18.0. The summed E-state index contributed by atoms with van der Waals surface area (Å²) in [5.74, 6) is 0.632. The first kappa shape index (κ1) is 38.4. The summed E-state index contributed by atoms with van der Waals surface area (Å²) < 4.78 is 13.0. The summed E-state index contributed by atoms with van der Waals surface area (Å²) in [6, 6.07) is 10.1. The molecule has 4 aromatic rings. The third-order valence-corrected chi connectivity index (χ3v) is 10.6. The molecular formula is C40H44N2O13. The molecule has 0 spiro atoms. The minimum atomic E-state index is -2.39. The minimum Gasteiger partial charge on any atom is -0.508 e. The average molecular weight is 761 g/mol. The van der Waals surface area contributed by atoms with Gasteiger partial charge in [0.25, 0.3) is 0 Å². The van der Waals surface area contributed by atoms with Gasteiger partial charge in [-0.3, -0.25) is 9.79 Å². The van der Waals surface area contributed by atoms with E-state index in [1.54, 1.807) is 26.1 Å². The van der Waals surface area contributed by atoms with Crippen LogP contribution in [-0.2, 0) is 22.6 Å². The Morgan fingerprint density at radius 2 is 1.87 bits per heavy atom. The Kier molecular flexibility index (Phi) is 10.5. The molecule has 3 aliphatic rings. The minimum absolute atomic E-state index is 0.100. The van der Waals surface area contributed by atoms with E-state index in [0.29, 0.717) is 63.0 Å². The molecule has 3 aliphatic heterocycles. The predicted molar refractivity (Wildman–Crippen MR) is 200 cm³/mol. The smallest absolute Gasteiger partial charge is 0.193 e. The molecule has 4 heterocycles. The molecule has 292 valence electrons. The molecule has 0 amide bonds. The van der Waals surface area contributed by atoms with Crippen LogP contribution in [0.3, 0.4) is 0 Å². The Hall–Kier alpha value is -4.84. The van der Waals surface area contributed by atoms with Gasteiger partial charge in [-0.2, -0.15) is 0 Å². The quantitative estimate of drug-likeness (QED) is 0.0680. The number of hydrogen-bond acceptors (Lipinski definition) is 15. The summed E-state index contributed by atoms with van der Waals surface area (Å²) in [4.78, 5) is 31.5. The average Bonchev–Trinajstić information content (AvgIpc) is 3.77. The zero-order valence-electron chi connectivity index (χ0n) is 30.3. The van der Waals surface area contributed by atoms with Crippen LogP contribution in [0, 0.1) is 6.92 Å². The van der Waals surface area contributed by atoms with E-state index in [4.69, 9.17) is 18.9 Å². The van der Waals surface area contributed by atoms with Crippen LogP contribution in [0.15, 0.2) is 80.7 Å². The summed E-state index contributed by atoms with van der Waals surface area (Å²) >= 11 is 0. The molecule has 0 radical (unpaired) electrons. The summed E-state index contributed by atoms with van der Waals surface area (Å²) in [5, 5.41) is 85.3. The lowest BCUT2D eigenvalue weighted by Gasteiger charge is -2.43. The second-order valence-corrected chi connectivity index (χ2v) is 14.6. The van der Waals surface area contributed by atoms with Crippen LogP contribution >= 0.6 is 0 Å².